The predicted octanol–water partition coefficient (Wildman–Crippen LogP) is 3.38. The van der Waals surface area contributed by atoms with Crippen molar-refractivity contribution in [3.8, 4) is 0 Å². The van der Waals surface area contributed by atoms with Crippen molar-refractivity contribution in [1.82, 2.24) is 0 Å². The van der Waals surface area contributed by atoms with E-state index in [1.165, 1.54) is 31.2 Å². The second-order valence-electron chi connectivity index (χ2n) is 8.11. The smallest absolute Gasteiger partial charge is 0.261 e. The van der Waals surface area contributed by atoms with E-state index in [0.29, 0.717) is 17.9 Å². The zero-order valence-corrected chi connectivity index (χ0v) is 17.8. The molecule has 0 spiro atoms. The third-order valence-electron chi connectivity index (χ3n) is 4.60. The van der Waals surface area contributed by atoms with Crippen LogP contribution in [0, 0.1) is 5.41 Å². The monoisotopic (exact) mass is 415 g/mol. The minimum Gasteiger partial charge on any atom is -0.326 e. The number of hydrogen-bond acceptors (Lipinski definition) is 4. The Labute approximate surface area is 171 Å². The Morgan fingerprint density at radius 3 is 2.21 bits per heavy atom. The molecule has 2 N–H and O–H groups in total. The van der Waals surface area contributed by atoms with Crippen molar-refractivity contribution in [2.75, 3.05) is 21.5 Å². The van der Waals surface area contributed by atoms with Gasteiger partial charge in [0, 0.05) is 30.3 Å². The zero-order chi connectivity index (χ0) is 21.4. The van der Waals surface area contributed by atoms with Crippen LogP contribution in [0.3, 0.4) is 0 Å². The number of hydrogen-bond donors (Lipinski definition) is 2. The minimum absolute atomic E-state index is 0.00446. The molecule has 154 valence electrons. The summed E-state index contributed by atoms with van der Waals surface area (Å²) in [4.78, 5) is 25.6. The van der Waals surface area contributed by atoms with Gasteiger partial charge in [0.2, 0.25) is 11.8 Å². The standard InChI is InChI=1S/C21H25N3O4S/c1-14(25)22-16-7-9-18(10-8-16)29(27,28)23-17-6-5-15-11-12-24(19(15)13-17)20(26)21(2,3)4/h5-10,13,23H,11-12H2,1-4H3,(H,22,25). The summed E-state index contributed by atoms with van der Waals surface area (Å²) in [5.41, 5.74) is 2.15. The van der Waals surface area contributed by atoms with Gasteiger partial charge in [0.15, 0.2) is 0 Å². The number of sulfonamides is 1. The molecule has 2 aromatic carbocycles. The van der Waals surface area contributed by atoms with Crippen LogP contribution in [-0.2, 0) is 26.0 Å². The highest BCUT2D eigenvalue weighted by Crippen LogP contribution is 2.34. The van der Waals surface area contributed by atoms with Crippen molar-refractivity contribution in [2.24, 2.45) is 5.41 Å². The Balaban J connectivity index is 1.84. The van der Waals surface area contributed by atoms with Gasteiger partial charge in [-0.1, -0.05) is 26.8 Å². The molecule has 0 fully saturated rings. The van der Waals surface area contributed by atoms with E-state index in [9.17, 15) is 18.0 Å². The van der Waals surface area contributed by atoms with E-state index in [1.54, 1.807) is 17.0 Å². The third-order valence-corrected chi connectivity index (χ3v) is 6.00. The molecule has 0 saturated carbocycles. The van der Waals surface area contributed by atoms with Gasteiger partial charge in [-0.15, -0.1) is 0 Å². The molecular weight excluding hydrogens is 390 g/mol. The molecule has 1 aliphatic heterocycles. The number of nitrogens with zero attached hydrogens (tertiary/aromatic N) is 1. The van der Waals surface area contributed by atoms with Crippen LogP contribution < -0.4 is 14.9 Å². The zero-order valence-electron chi connectivity index (χ0n) is 16.9. The van der Waals surface area contributed by atoms with E-state index in [2.05, 4.69) is 10.0 Å². The van der Waals surface area contributed by atoms with E-state index in [-0.39, 0.29) is 16.7 Å². The number of rotatable bonds is 4. The summed E-state index contributed by atoms with van der Waals surface area (Å²) in [5, 5.41) is 2.60. The number of benzene rings is 2. The minimum atomic E-state index is -3.81. The Bertz CT molecular complexity index is 1050. The van der Waals surface area contributed by atoms with E-state index < -0.39 is 15.4 Å². The molecule has 7 nitrogen and oxygen atoms in total. The molecule has 1 aliphatic rings. The van der Waals surface area contributed by atoms with Gasteiger partial charge in [-0.05, 0) is 48.4 Å². The first kappa shape index (κ1) is 20.9. The van der Waals surface area contributed by atoms with Gasteiger partial charge in [0.25, 0.3) is 10.0 Å². The third kappa shape index (κ3) is 4.59. The highest BCUT2D eigenvalue weighted by molar-refractivity contribution is 7.92. The highest BCUT2D eigenvalue weighted by atomic mass is 32.2. The van der Waals surface area contributed by atoms with Crippen molar-refractivity contribution in [3.05, 3.63) is 48.0 Å². The Morgan fingerprint density at radius 1 is 1.00 bits per heavy atom. The fourth-order valence-electron chi connectivity index (χ4n) is 3.19. The number of anilines is 3. The average molecular weight is 416 g/mol. The number of fused-ring (bicyclic) bond motifs is 1. The first-order valence-corrected chi connectivity index (χ1v) is 10.8. The molecule has 3 rings (SSSR count). The summed E-state index contributed by atoms with van der Waals surface area (Å²) < 4.78 is 28.0. The second-order valence-corrected chi connectivity index (χ2v) is 9.79. The molecule has 2 aromatic rings. The maximum absolute atomic E-state index is 12.7. The average Bonchev–Trinajstić information content (AvgIpc) is 3.03. The first-order valence-electron chi connectivity index (χ1n) is 9.33. The lowest BCUT2D eigenvalue weighted by Crippen LogP contribution is -2.38. The molecule has 0 aliphatic carbocycles. The van der Waals surface area contributed by atoms with E-state index in [0.717, 1.165) is 17.7 Å². The maximum Gasteiger partial charge on any atom is 0.261 e. The molecule has 0 atom stereocenters. The Hall–Kier alpha value is -2.87. The van der Waals surface area contributed by atoms with Gasteiger partial charge in [0.1, 0.15) is 0 Å². The van der Waals surface area contributed by atoms with Gasteiger partial charge in [-0.25, -0.2) is 8.42 Å². The fraction of sp³-hybridized carbons (Fsp3) is 0.333. The van der Waals surface area contributed by atoms with Crippen LogP contribution in [0.4, 0.5) is 17.1 Å². The quantitative estimate of drug-likeness (QED) is 0.800. The van der Waals surface area contributed by atoms with Crippen molar-refractivity contribution in [2.45, 2.75) is 39.0 Å². The van der Waals surface area contributed by atoms with E-state index in [4.69, 9.17) is 0 Å². The van der Waals surface area contributed by atoms with Crippen LogP contribution >= 0.6 is 0 Å². The van der Waals surface area contributed by atoms with Crippen molar-refractivity contribution in [1.29, 1.82) is 0 Å². The van der Waals surface area contributed by atoms with Gasteiger partial charge in [-0.2, -0.15) is 0 Å². The van der Waals surface area contributed by atoms with Gasteiger partial charge >= 0.3 is 0 Å². The number of nitrogens with one attached hydrogen (secondary N) is 2. The molecule has 2 amide bonds. The highest BCUT2D eigenvalue weighted by Gasteiger charge is 2.32. The lowest BCUT2D eigenvalue weighted by atomic mass is 9.94. The molecule has 8 heteroatoms. The largest absolute Gasteiger partial charge is 0.326 e. The van der Waals surface area contributed by atoms with Crippen LogP contribution in [0.25, 0.3) is 0 Å². The number of amides is 2. The summed E-state index contributed by atoms with van der Waals surface area (Å²) in [6, 6.07) is 11.2. The van der Waals surface area contributed by atoms with Gasteiger partial charge in [0.05, 0.1) is 10.6 Å². The molecule has 0 bridgehead atoms. The summed E-state index contributed by atoms with van der Waals surface area (Å²) in [6.45, 7) is 7.57. The molecule has 29 heavy (non-hydrogen) atoms. The SMILES string of the molecule is CC(=O)Nc1ccc(S(=O)(=O)Nc2ccc3c(c2)N(C(=O)C(C)(C)C)CC3)cc1. The molecule has 0 saturated heterocycles. The van der Waals surface area contributed by atoms with Crippen LogP contribution in [0.5, 0.6) is 0 Å². The lowest BCUT2D eigenvalue weighted by Gasteiger charge is -2.26. The number of carbonyl (C=O) groups is 2. The van der Waals surface area contributed by atoms with Crippen LogP contribution in [0.1, 0.15) is 33.3 Å². The molecule has 0 unspecified atom stereocenters. The second kappa shape index (κ2) is 7.51. The van der Waals surface area contributed by atoms with Crippen LogP contribution in [0.2, 0.25) is 0 Å². The molecule has 1 heterocycles. The summed E-state index contributed by atoms with van der Waals surface area (Å²) >= 11 is 0. The fourth-order valence-corrected chi connectivity index (χ4v) is 4.24. The van der Waals surface area contributed by atoms with E-state index >= 15 is 0 Å². The normalized spacial score (nSPS) is 13.7. The van der Waals surface area contributed by atoms with Crippen molar-refractivity contribution in [3.63, 3.8) is 0 Å². The maximum atomic E-state index is 12.7. The van der Waals surface area contributed by atoms with Gasteiger partial charge < -0.3 is 10.2 Å². The van der Waals surface area contributed by atoms with Crippen LogP contribution in [0.15, 0.2) is 47.4 Å². The Kier molecular flexibility index (Phi) is 5.40. The van der Waals surface area contributed by atoms with E-state index in [1.807, 2.05) is 26.8 Å². The van der Waals surface area contributed by atoms with Crippen molar-refractivity contribution < 1.29 is 18.0 Å². The first-order chi connectivity index (χ1) is 13.5. The lowest BCUT2D eigenvalue weighted by molar-refractivity contribution is -0.125. The molecule has 0 radical (unpaired) electrons. The molecular formula is C21H25N3O4S. The Morgan fingerprint density at radius 2 is 1.62 bits per heavy atom. The van der Waals surface area contributed by atoms with Crippen molar-refractivity contribution >= 4 is 38.9 Å². The summed E-state index contributed by atoms with van der Waals surface area (Å²) in [6.07, 6.45) is 0.745. The summed E-state index contributed by atoms with van der Waals surface area (Å²) in [5.74, 6) is -0.226. The molecule has 0 aromatic heterocycles. The number of carbonyl (C=O) groups excluding carboxylic acids is 2. The topological polar surface area (TPSA) is 95.6 Å². The van der Waals surface area contributed by atoms with Crippen LogP contribution in [-0.4, -0.2) is 26.8 Å². The van der Waals surface area contributed by atoms with Gasteiger partial charge in [-0.3, -0.25) is 14.3 Å². The predicted molar refractivity (Wildman–Crippen MR) is 114 cm³/mol. The summed E-state index contributed by atoms with van der Waals surface area (Å²) in [7, 11) is -3.81.